The van der Waals surface area contributed by atoms with Gasteiger partial charge in [-0.25, -0.2) is 0 Å². The second kappa shape index (κ2) is 5.36. The number of pyridine rings is 1. The van der Waals surface area contributed by atoms with Crippen LogP contribution in [0, 0.1) is 5.92 Å². The number of nitrogens with two attached hydrogens (primary N) is 1. The molecule has 5 nitrogen and oxygen atoms in total. The third-order valence-corrected chi connectivity index (χ3v) is 3.41. The highest BCUT2D eigenvalue weighted by molar-refractivity contribution is 5.94. The van der Waals surface area contributed by atoms with Crippen LogP contribution in [0.15, 0.2) is 30.5 Å². The number of anilines is 1. The van der Waals surface area contributed by atoms with Crippen molar-refractivity contribution in [1.29, 1.82) is 0 Å². The fraction of sp³-hybridized carbons (Fsp3) is 0.333. The molecule has 1 aromatic carbocycles. The third kappa shape index (κ3) is 2.82. The Balaban J connectivity index is 1.67. The van der Waals surface area contributed by atoms with Crippen molar-refractivity contribution in [2.24, 2.45) is 5.92 Å². The Morgan fingerprint density at radius 3 is 3.05 bits per heavy atom. The number of rotatable bonds is 5. The van der Waals surface area contributed by atoms with Crippen LogP contribution < -0.4 is 15.8 Å². The maximum absolute atomic E-state index is 11.7. The molecule has 20 heavy (non-hydrogen) atoms. The number of nitrogen functional groups attached to an aromatic ring is 1. The summed E-state index contributed by atoms with van der Waals surface area (Å²) in [5, 5.41) is 3.70. The van der Waals surface area contributed by atoms with Crippen LogP contribution in [0.4, 0.5) is 5.69 Å². The van der Waals surface area contributed by atoms with Gasteiger partial charge in [0.1, 0.15) is 11.3 Å². The van der Waals surface area contributed by atoms with E-state index in [0.29, 0.717) is 22.9 Å². The van der Waals surface area contributed by atoms with Gasteiger partial charge in [0.2, 0.25) is 0 Å². The van der Waals surface area contributed by atoms with Gasteiger partial charge < -0.3 is 15.8 Å². The van der Waals surface area contributed by atoms with Crippen molar-refractivity contribution in [3.8, 4) is 5.75 Å². The van der Waals surface area contributed by atoms with Gasteiger partial charge in [0.15, 0.2) is 6.61 Å². The standard InChI is InChI=1S/C15H17N3O2/c16-12-5-6-13(15-11(12)2-1-7-17-15)20-9-14(19)18-8-10-3-4-10/h1-2,5-7,10H,3-4,8-9,16H2,(H,18,19). The van der Waals surface area contributed by atoms with Crippen molar-refractivity contribution in [1.82, 2.24) is 10.3 Å². The highest BCUT2D eigenvalue weighted by Gasteiger charge is 2.21. The molecular formula is C15H17N3O2. The zero-order valence-corrected chi connectivity index (χ0v) is 11.1. The molecule has 3 N–H and O–H groups in total. The molecule has 0 unspecified atom stereocenters. The molecule has 2 aromatic rings. The SMILES string of the molecule is Nc1ccc(OCC(=O)NCC2CC2)c2ncccc12. The van der Waals surface area contributed by atoms with Gasteiger partial charge in [0, 0.05) is 23.8 Å². The van der Waals surface area contributed by atoms with E-state index in [1.165, 1.54) is 12.8 Å². The predicted molar refractivity (Wildman–Crippen MR) is 77.4 cm³/mol. The summed E-state index contributed by atoms with van der Waals surface area (Å²) in [5.74, 6) is 1.15. The van der Waals surface area contributed by atoms with Crippen molar-refractivity contribution < 1.29 is 9.53 Å². The first kappa shape index (κ1) is 12.7. The molecular weight excluding hydrogens is 254 g/mol. The van der Waals surface area contributed by atoms with Crippen LogP contribution in [0.3, 0.4) is 0 Å². The Kier molecular flexibility index (Phi) is 3.41. The Morgan fingerprint density at radius 1 is 1.40 bits per heavy atom. The minimum absolute atomic E-state index is 0.00229. The largest absolute Gasteiger partial charge is 0.481 e. The van der Waals surface area contributed by atoms with E-state index in [9.17, 15) is 4.79 Å². The molecule has 1 aromatic heterocycles. The second-order valence-electron chi connectivity index (χ2n) is 5.09. The number of hydrogen-bond donors (Lipinski definition) is 2. The topological polar surface area (TPSA) is 77.2 Å². The van der Waals surface area contributed by atoms with Crippen LogP contribution in [0.1, 0.15) is 12.8 Å². The first-order valence-corrected chi connectivity index (χ1v) is 6.77. The van der Waals surface area contributed by atoms with Crippen molar-refractivity contribution in [2.75, 3.05) is 18.9 Å². The van der Waals surface area contributed by atoms with Gasteiger partial charge in [0.25, 0.3) is 5.91 Å². The zero-order chi connectivity index (χ0) is 13.9. The van der Waals surface area contributed by atoms with E-state index in [-0.39, 0.29) is 12.5 Å². The van der Waals surface area contributed by atoms with Crippen molar-refractivity contribution in [3.05, 3.63) is 30.5 Å². The average Bonchev–Trinajstić information content (AvgIpc) is 3.29. The van der Waals surface area contributed by atoms with Crippen LogP contribution in [0.2, 0.25) is 0 Å². The third-order valence-electron chi connectivity index (χ3n) is 3.41. The molecule has 0 radical (unpaired) electrons. The molecule has 3 rings (SSSR count). The van der Waals surface area contributed by atoms with Crippen molar-refractivity contribution >= 4 is 22.5 Å². The van der Waals surface area contributed by atoms with E-state index < -0.39 is 0 Å². The van der Waals surface area contributed by atoms with E-state index in [1.54, 1.807) is 18.3 Å². The minimum Gasteiger partial charge on any atom is -0.481 e. The van der Waals surface area contributed by atoms with Gasteiger partial charge >= 0.3 is 0 Å². The Labute approximate surface area is 117 Å². The van der Waals surface area contributed by atoms with E-state index in [1.807, 2.05) is 12.1 Å². The maximum Gasteiger partial charge on any atom is 0.257 e. The fourth-order valence-electron chi connectivity index (χ4n) is 2.06. The first-order chi connectivity index (χ1) is 9.74. The summed E-state index contributed by atoms with van der Waals surface area (Å²) in [6.45, 7) is 0.755. The minimum atomic E-state index is -0.0993. The molecule has 1 aliphatic carbocycles. The lowest BCUT2D eigenvalue weighted by Gasteiger charge is -2.10. The van der Waals surface area contributed by atoms with Crippen LogP contribution in [-0.4, -0.2) is 24.0 Å². The van der Waals surface area contributed by atoms with E-state index >= 15 is 0 Å². The maximum atomic E-state index is 11.7. The highest BCUT2D eigenvalue weighted by Crippen LogP contribution is 2.28. The zero-order valence-electron chi connectivity index (χ0n) is 11.1. The number of hydrogen-bond acceptors (Lipinski definition) is 4. The molecule has 0 spiro atoms. The number of carbonyl (C=O) groups excluding carboxylic acids is 1. The molecule has 0 atom stereocenters. The van der Waals surface area contributed by atoms with Gasteiger partial charge in [-0.3, -0.25) is 9.78 Å². The lowest BCUT2D eigenvalue weighted by Crippen LogP contribution is -2.30. The van der Waals surface area contributed by atoms with Gasteiger partial charge in [0.05, 0.1) is 0 Å². The predicted octanol–water partition coefficient (Wildman–Crippen LogP) is 1.72. The molecule has 1 amide bonds. The normalized spacial score (nSPS) is 14.2. The van der Waals surface area contributed by atoms with E-state index in [4.69, 9.17) is 10.5 Å². The quantitative estimate of drug-likeness (QED) is 0.812. The molecule has 104 valence electrons. The van der Waals surface area contributed by atoms with Crippen molar-refractivity contribution in [2.45, 2.75) is 12.8 Å². The number of aromatic nitrogens is 1. The monoisotopic (exact) mass is 271 g/mol. The van der Waals surface area contributed by atoms with Gasteiger partial charge in [-0.15, -0.1) is 0 Å². The summed E-state index contributed by atoms with van der Waals surface area (Å²) >= 11 is 0. The molecule has 1 fully saturated rings. The van der Waals surface area contributed by atoms with Crippen LogP contribution in [0.5, 0.6) is 5.75 Å². The van der Waals surface area contributed by atoms with Crippen LogP contribution in [0.25, 0.3) is 10.9 Å². The summed E-state index contributed by atoms with van der Waals surface area (Å²) in [4.78, 5) is 15.9. The number of nitrogens with one attached hydrogen (secondary N) is 1. The van der Waals surface area contributed by atoms with Crippen LogP contribution in [-0.2, 0) is 4.79 Å². The first-order valence-electron chi connectivity index (χ1n) is 6.77. The Hall–Kier alpha value is -2.30. The number of ether oxygens (including phenoxy) is 1. The number of fused-ring (bicyclic) bond motifs is 1. The summed E-state index contributed by atoms with van der Waals surface area (Å²) in [7, 11) is 0. The van der Waals surface area contributed by atoms with Gasteiger partial charge in [-0.05, 0) is 43.0 Å². The Morgan fingerprint density at radius 2 is 2.25 bits per heavy atom. The summed E-state index contributed by atoms with van der Waals surface area (Å²) in [5.41, 5.74) is 7.23. The lowest BCUT2D eigenvalue weighted by molar-refractivity contribution is -0.123. The number of nitrogens with zero attached hydrogens (tertiary/aromatic N) is 1. The average molecular weight is 271 g/mol. The van der Waals surface area contributed by atoms with Gasteiger partial charge in [-0.2, -0.15) is 0 Å². The fourth-order valence-corrected chi connectivity index (χ4v) is 2.06. The molecule has 0 aliphatic heterocycles. The smallest absolute Gasteiger partial charge is 0.257 e. The van der Waals surface area contributed by atoms with Crippen LogP contribution >= 0.6 is 0 Å². The summed E-state index contributed by atoms with van der Waals surface area (Å²) < 4.78 is 5.56. The number of amides is 1. The number of benzene rings is 1. The molecule has 0 saturated heterocycles. The number of carbonyl (C=O) groups is 1. The highest BCUT2D eigenvalue weighted by atomic mass is 16.5. The molecule has 1 aliphatic rings. The van der Waals surface area contributed by atoms with Crippen molar-refractivity contribution in [3.63, 3.8) is 0 Å². The van der Waals surface area contributed by atoms with E-state index in [0.717, 1.165) is 11.9 Å². The molecule has 0 bridgehead atoms. The van der Waals surface area contributed by atoms with E-state index in [2.05, 4.69) is 10.3 Å². The second-order valence-corrected chi connectivity index (χ2v) is 5.09. The lowest BCUT2D eigenvalue weighted by atomic mass is 10.2. The Bertz CT molecular complexity index is 638. The molecule has 5 heteroatoms. The molecule has 1 saturated carbocycles. The summed E-state index contributed by atoms with van der Waals surface area (Å²) in [6.07, 6.45) is 4.11. The summed E-state index contributed by atoms with van der Waals surface area (Å²) in [6, 6.07) is 7.22. The van der Waals surface area contributed by atoms with Gasteiger partial charge in [-0.1, -0.05) is 0 Å². The molecule has 1 heterocycles.